The van der Waals surface area contributed by atoms with Gasteiger partial charge in [-0.05, 0) is 37.8 Å². The number of piperidine rings is 1. The van der Waals surface area contributed by atoms with Crippen molar-refractivity contribution in [2.24, 2.45) is 0 Å². The van der Waals surface area contributed by atoms with Crippen molar-refractivity contribution in [1.29, 1.82) is 0 Å². The topological polar surface area (TPSA) is 66.5 Å². The average Bonchev–Trinajstić information content (AvgIpc) is 2.60. The molecule has 0 radical (unpaired) electrons. The van der Waals surface area contributed by atoms with Crippen LogP contribution >= 0.6 is 10.7 Å². The third-order valence-electron chi connectivity index (χ3n) is 4.75. The molecule has 25 heavy (non-hydrogen) atoms. The smallest absolute Gasteiger partial charge is 0.322 e. The number of nitrogens with zero attached hydrogens (tertiary/aromatic N) is 1. The Kier molecular flexibility index (Phi) is 5.20. The lowest BCUT2D eigenvalue weighted by Crippen LogP contribution is -2.45. The van der Waals surface area contributed by atoms with E-state index in [1.807, 2.05) is 4.90 Å². The van der Waals surface area contributed by atoms with Gasteiger partial charge in [-0.2, -0.15) is 0 Å². The zero-order valence-corrected chi connectivity index (χ0v) is 15.6. The summed E-state index contributed by atoms with van der Waals surface area (Å²) in [7, 11) is 1.67. The van der Waals surface area contributed by atoms with E-state index < -0.39 is 9.05 Å². The zero-order chi connectivity index (χ0) is 18.0. The van der Waals surface area contributed by atoms with Gasteiger partial charge in [-0.3, -0.25) is 0 Å². The van der Waals surface area contributed by atoms with Crippen molar-refractivity contribution in [1.82, 2.24) is 4.90 Å². The summed E-state index contributed by atoms with van der Waals surface area (Å²) < 4.78 is 23.6. The van der Waals surface area contributed by atoms with E-state index in [-0.39, 0.29) is 17.0 Å². The molecule has 1 atom stereocenters. The first-order valence-corrected chi connectivity index (χ1v) is 10.8. The predicted molar refractivity (Wildman–Crippen MR) is 101 cm³/mol. The average molecular weight is 381 g/mol. The Morgan fingerprint density at radius 3 is 2.64 bits per heavy atom. The van der Waals surface area contributed by atoms with Crippen LogP contribution in [-0.4, -0.2) is 31.9 Å². The molecular weight excluding hydrogens is 360 g/mol. The molecular formula is C18H21ClN2O3S. The molecule has 1 aliphatic heterocycles. The molecule has 5 nitrogen and oxygen atoms in total. The first-order valence-electron chi connectivity index (χ1n) is 8.46. The van der Waals surface area contributed by atoms with E-state index in [4.69, 9.17) is 10.7 Å². The van der Waals surface area contributed by atoms with E-state index in [1.54, 1.807) is 30.3 Å². The lowest BCUT2D eigenvalue weighted by Gasteiger charge is -2.35. The quantitative estimate of drug-likeness (QED) is 0.793. The molecule has 0 saturated carbocycles. The van der Waals surface area contributed by atoms with Crippen LogP contribution in [0.15, 0.2) is 41.3 Å². The van der Waals surface area contributed by atoms with Crippen LogP contribution in [0.1, 0.15) is 32.6 Å². The van der Waals surface area contributed by atoms with Crippen molar-refractivity contribution in [3.8, 4) is 0 Å². The summed E-state index contributed by atoms with van der Waals surface area (Å²) in [6.07, 6.45) is 4.10. The predicted octanol–water partition coefficient (Wildman–Crippen LogP) is 4.56. The lowest BCUT2D eigenvalue weighted by atomic mass is 10.0. The molecule has 0 spiro atoms. The van der Waals surface area contributed by atoms with Crippen molar-refractivity contribution in [2.45, 2.75) is 43.5 Å². The molecule has 1 aliphatic rings. The van der Waals surface area contributed by atoms with Crippen LogP contribution in [0.3, 0.4) is 0 Å². The van der Waals surface area contributed by atoms with Gasteiger partial charge in [-0.15, -0.1) is 0 Å². The molecule has 134 valence electrons. The Hall–Kier alpha value is -1.79. The van der Waals surface area contributed by atoms with E-state index >= 15 is 0 Å². The van der Waals surface area contributed by atoms with Gasteiger partial charge in [0.1, 0.15) is 0 Å². The number of carbonyl (C=O) groups excluding carboxylic acids is 1. The molecule has 1 saturated heterocycles. The normalized spacial score (nSPS) is 18.3. The number of anilines is 1. The monoisotopic (exact) mass is 380 g/mol. The fraction of sp³-hybridized carbons (Fsp3) is 0.389. The standard InChI is InChI=1S/C18H21ClN2O3S/c1-2-13-7-3-4-12-21(13)18(22)20-16-10-5-9-15-14(16)8-6-11-17(15)25(19,23)24/h5-6,8-11,13H,2-4,7,12H2,1H3,(H,20,22)/t13-/m1/s1. The number of urea groups is 1. The maximum Gasteiger partial charge on any atom is 0.322 e. The largest absolute Gasteiger partial charge is 0.322 e. The van der Waals surface area contributed by atoms with Crippen molar-refractivity contribution in [2.75, 3.05) is 11.9 Å². The summed E-state index contributed by atoms with van der Waals surface area (Å²) in [6, 6.07) is 10.2. The number of amides is 2. The molecule has 2 amide bonds. The number of fused-ring (bicyclic) bond motifs is 1. The number of benzene rings is 2. The molecule has 0 unspecified atom stereocenters. The second-order valence-corrected chi connectivity index (χ2v) is 8.81. The van der Waals surface area contributed by atoms with Crippen LogP contribution < -0.4 is 5.32 Å². The highest BCUT2D eigenvalue weighted by molar-refractivity contribution is 8.14. The summed E-state index contributed by atoms with van der Waals surface area (Å²) in [5.74, 6) is 0. The summed E-state index contributed by atoms with van der Waals surface area (Å²) in [5, 5.41) is 4.10. The fourth-order valence-corrected chi connectivity index (χ4v) is 4.57. The minimum absolute atomic E-state index is 0.0483. The minimum atomic E-state index is -3.86. The summed E-state index contributed by atoms with van der Waals surface area (Å²) >= 11 is 0. The highest BCUT2D eigenvalue weighted by Crippen LogP contribution is 2.31. The number of halogens is 1. The Morgan fingerprint density at radius 1 is 1.20 bits per heavy atom. The van der Waals surface area contributed by atoms with Crippen LogP contribution in [0, 0.1) is 0 Å². The summed E-state index contributed by atoms with van der Waals surface area (Å²) in [4.78, 5) is 14.7. The van der Waals surface area contributed by atoms with Gasteiger partial charge in [0.2, 0.25) is 0 Å². The number of hydrogen-bond donors (Lipinski definition) is 1. The Morgan fingerprint density at radius 2 is 1.92 bits per heavy atom. The molecule has 1 N–H and O–H groups in total. The second-order valence-electron chi connectivity index (χ2n) is 6.28. The molecule has 0 aliphatic carbocycles. The lowest BCUT2D eigenvalue weighted by molar-refractivity contribution is 0.160. The van der Waals surface area contributed by atoms with E-state index in [0.29, 0.717) is 16.5 Å². The second kappa shape index (κ2) is 7.22. The molecule has 7 heteroatoms. The first-order chi connectivity index (χ1) is 11.9. The summed E-state index contributed by atoms with van der Waals surface area (Å²) in [5.41, 5.74) is 0.588. The van der Waals surface area contributed by atoms with Gasteiger partial charge < -0.3 is 10.2 Å². The molecule has 3 rings (SSSR count). The molecule has 2 aromatic carbocycles. The highest BCUT2D eigenvalue weighted by Gasteiger charge is 2.25. The number of likely N-dealkylation sites (tertiary alicyclic amines) is 1. The van der Waals surface area contributed by atoms with Crippen LogP contribution in [0.5, 0.6) is 0 Å². The van der Waals surface area contributed by atoms with Crippen molar-refractivity contribution >= 4 is 42.2 Å². The zero-order valence-electron chi connectivity index (χ0n) is 14.0. The molecule has 0 bridgehead atoms. The van der Waals surface area contributed by atoms with Gasteiger partial charge in [-0.1, -0.05) is 31.2 Å². The Bertz CT molecular complexity index is 898. The number of hydrogen-bond acceptors (Lipinski definition) is 3. The van der Waals surface area contributed by atoms with Gasteiger partial charge in [0, 0.05) is 34.0 Å². The molecule has 1 heterocycles. The van der Waals surface area contributed by atoms with Crippen molar-refractivity contribution < 1.29 is 13.2 Å². The minimum Gasteiger partial charge on any atom is -0.322 e. The van der Waals surface area contributed by atoms with Crippen molar-refractivity contribution in [3.63, 3.8) is 0 Å². The fourth-order valence-electron chi connectivity index (χ4n) is 3.48. The van der Waals surface area contributed by atoms with Crippen LogP contribution in [0.4, 0.5) is 10.5 Å². The Balaban J connectivity index is 1.95. The maximum atomic E-state index is 12.7. The number of rotatable bonds is 3. The van der Waals surface area contributed by atoms with Gasteiger partial charge in [-0.25, -0.2) is 13.2 Å². The number of nitrogens with one attached hydrogen (secondary N) is 1. The number of carbonyl (C=O) groups is 1. The van der Waals surface area contributed by atoms with Crippen LogP contribution in [0.25, 0.3) is 10.8 Å². The maximum absolute atomic E-state index is 12.7. The van der Waals surface area contributed by atoms with E-state index in [1.165, 1.54) is 6.07 Å². The highest BCUT2D eigenvalue weighted by atomic mass is 35.7. The van der Waals surface area contributed by atoms with E-state index in [0.717, 1.165) is 32.2 Å². The van der Waals surface area contributed by atoms with Gasteiger partial charge in [0.15, 0.2) is 0 Å². The third-order valence-corrected chi connectivity index (χ3v) is 6.13. The Labute approximate surface area is 152 Å². The third kappa shape index (κ3) is 3.75. The molecule has 0 aromatic heterocycles. The van der Waals surface area contributed by atoms with Gasteiger partial charge in [0.05, 0.1) is 10.6 Å². The van der Waals surface area contributed by atoms with E-state index in [9.17, 15) is 13.2 Å². The van der Waals surface area contributed by atoms with Crippen LogP contribution in [-0.2, 0) is 9.05 Å². The molecule has 1 fully saturated rings. The van der Waals surface area contributed by atoms with Crippen molar-refractivity contribution in [3.05, 3.63) is 36.4 Å². The van der Waals surface area contributed by atoms with Gasteiger partial charge >= 0.3 is 6.03 Å². The summed E-state index contributed by atoms with van der Waals surface area (Å²) in [6.45, 7) is 2.84. The van der Waals surface area contributed by atoms with E-state index in [2.05, 4.69) is 12.2 Å². The first kappa shape index (κ1) is 18.0. The molecule has 2 aromatic rings. The van der Waals surface area contributed by atoms with Gasteiger partial charge in [0.25, 0.3) is 9.05 Å². The SMILES string of the molecule is CC[C@@H]1CCCCN1C(=O)Nc1cccc2c(S(=O)(=O)Cl)cccc12. The van der Waals surface area contributed by atoms with Crippen LogP contribution in [0.2, 0.25) is 0 Å².